The van der Waals surface area contributed by atoms with Crippen molar-refractivity contribution in [2.24, 2.45) is 0 Å². The van der Waals surface area contributed by atoms with Gasteiger partial charge in [0, 0.05) is 173 Å². The Balaban J connectivity index is 1.04. The topological polar surface area (TPSA) is 620 Å². The van der Waals surface area contributed by atoms with Crippen molar-refractivity contribution in [3.63, 3.8) is 0 Å². The Hall–Kier alpha value is -12.2. The fourth-order valence-corrected chi connectivity index (χ4v) is 16.0. The normalized spacial score (nSPS) is 21.0. The molecule has 6 rings (SSSR count). The second kappa shape index (κ2) is 63.7. The van der Waals surface area contributed by atoms with Crippen LogP contribution >= 0.6 is 0 Å². The molecule has 2 aromatic carbocycles. The lowest BCUT2D eigenvalue weighted by molar-refractivity contribution is -0.277. The molecule has 48 nitrogen and oxygen atoms in total. The molecule has 10 N–H and O–H groups in total. The van der Waals surface area contributed by atoms with Crippen molar-refractivity contribution < 1.29 is 181 Å². The van der Waals surface area contributed by atoms with E-state index in [0.29, 0.717) is 57.8 Å². The summed E-state index contributed by atoms with van der Waals surface area (Å²) >= 11 is 0. The third-order valence-corrected chi connectivity index (χ3v) is 22.1. The average molecular weight is 2020 g/mol. The summed E-state index contributed by atoms with van der Waals surface area (Å²) in [6.45, 7) is 11.5. The van der Waals surface area contributed by atoms with Gasteiger partial charge in [-0.1, -0.05) is 48.5 Å². The van der Waals surface area contributed by atoms with Crippen LogP contribution < -0.4 is 53.2 Å². The van der Waals surface area contributed by atoms with Crippen LogP contribution in [-0.2, 0) is 176 Å². The third kappa shape index (κ3) is 44.5. The predicted molar refractivity (Wildman–Crippen MR) is 491 cm³/mol. The Morgan fingerprint density at radius 2 is 0.570 bits per heavy atom. The summed E-state index contributed by atoms with van der Waals surface area (Å²) in [6.07, 6.45) is -13.2. The van der Waals surface area contributed by atoms with Gasteiger partial charge >= 0.3 is 59.8 Å². The van der Waals surface area contributed by atoms with E-state index in [-0.39, 0.29) is 150 Å². The summed E-state index contributed by atoms with van der Waals surface area (Å²) < 4.78 is 107. The number of unbranched alkanes of at least 4 members (excludes halogenated alkanes) is 6. The molecule has 0 saturated carbocycles. The molecule has 792 valence electrons. The molecule has 3 fully saturated rings. The Morgan fingerprint density at radius 3 is 0.845 bits per heavy atom. The largest absolute Gasteiger partial charge is 0.463 e. The van der Waals surface area contributed by atoms with Gasteiger partial charge < -0.3 is 143 Å². The number of hydrogen-bond donors (Lipinski definition) is 10. The molecule has 3 heterocycles. The lowest BCUT2D eigenvalue weighted by atomic mass is 9.83. The smallest absolute Gasteiger partial charge is 0.407 e. The zero-order valence-corrected chi connectivity index (χ0v) is 82.4. The minimum absolute atomic E-state index is 0.0465. The van der Waals surface area contributed by atoms with Crippen LogP contribution in [-0.4, -0.2) is 336 Å². The molecular formula is C94H138N10O38. The molecule has 0 radical (unpaired) electrons. The molecule has 1 aliphatic carbocycles. The van der Waals surface area contributed by atoms with E-state index in [1.54, 1.807) is 0 Å². The molecule has 10 amide bonds. The summed E-state index contributed by atoms with van der Waals surface area (Å²) in [5.74, 6) is -11.6. The van der Waals surface area contributed by atoms with Crippen molar-refractivity contribution in [3.8, 4) is 11.1 Å². The van der Waals surface area contributed by atoms with E-state index in [1.807, 2.05) is 48.5 Å². The molecule has 4 aliphatic rings. The zero-order valence-electron chi connectivity index (χ0n) is 82.4. The third-order valence-electron chi connectivity index (χ3n) is 22.1. The fraction of sp³-hybridized carbons (Fsp3) is 0.670. The van der Waals surface area contributed by atoms with E-state index in [9.17, 15) is 91.1 Å². The van der Waals surface area contributed by atoms with Crippen molar-refractivity contribution in [2.75, 3.05) is 125 Å². The molecule has 15 atom stereocenters. The number of benzene rings is 2. The monoisotopic (exact) mass is 2010 g/mol. The van der Waals surface area contributed by atoms with Gasteiger partial charge in [-0.25, -0.2) is 4.79 Å². The highest BCUT2D eigenvalue weighted by atomic mass is 16.7. The first-order valence-electron chi connectivity index (χ1n) is 47.2. The van der Waals surface area contributed by atoms with Crippen molar-refractivity contribution in [3.05, 3.63) is 59.7 Å². The van der Waals surface area contributed by atoms with E-state index < -0.39 is 230 Å². The predicted octanol–water partition coefficient (Wildman–Crippen LogP) is 0.880. The second-order valence-electron chi connectivity index (χ2n) is 33.9. The first-order valence-corrected chi connectivity index (χ1v) is 47.2. The maximum atomic E-state index is 14.5. The van der Waals surface area contributed by atoms with Gasteiger partial charge in [-0.2, -0.15) is 0 Å². The van der Waals surface area contributed by atoms with Crippen LogP contribution in [0, 0.1) is 0 Å². The number of amides is 10. The number of fused-ring (bicyclic) bond motifs is 3. The number of carbonyl (C=O) groups excluding carboxylic acids is 19. The van der Waals surface area contributed by atoms with E-state index in [0.717, 1.165) is 84.6 Å². The first kappa shape index (κ1) is 119. The average Bonchev–Trinajstić information content (AvgIpc) is 1.66. The van der Waals surface area contributed by atoms with Gasteiger partial charge in [0.1, 0.15) is 82.7 Å². The first-order chi connectivity index (χ1) is 67.7. The number of alkyl carbamates (subject to hydrolysis) is 1. The highest BCUT2D eigenvalue weighted by molar-refractivity contribution is 5.82. The summed E-state index contributed by atoms with van der Waals surface area (Å²) in [7, 11) is 0. The van der Waals surface area contributed by atoms with Gasteiger partial charge in [-0.3, -0.25) is 86.3 Å². The van der Waals surface area contributed by atoms with Gasteiger partial charge in [0.05, 0.1) is 19.8 Å². The van der Waals surface area contributed by atoms with Crippen molar-refractivity contribution in [2.45, 2.75) is 283 Å². The number of rotatable bonds is 63. The summed E-state index contributed by atoms with van der Waals surface area (Å²) in [4.78, 5) is 241. The Kier molecular flexibility index (Phi) is 53.1. The minimum atomic E-state index is -1.53. The molecule has 3 saturated heterocycles. The summed E-state index contributed by atoms with van der Waals surface area (Å²) in [6, 6.07) is 11.9. The maximum absolute atomic E-state index is 14.5. The number of esters is 9. The minimum Gasteiger partial charge on any atom is -0.463 e. The SMILES string of the molecule is CC(=O)N[C@H]1[C@H](OCCCCCNC(=O)COCCNC(=O)CCC(CCC(=O)NCCOCC(=O)NCCCCCO[C@@H]2O[C@H](COC(C)=O)[C@H](OC(C)=O)[C@H](OC(C)=O)[C@H]2NC(C)=O)(CCC(=O)NCCOCC(=O)NCCCCCO[C@@H]2O[C@H](COC(C)=O)[C@H](OC(C)=O)[C@H](OC(C)=O)[C@H]2NC(C)=O)NC(=O)OCC2c3ccccc3-c3ccccc32)O[C@H](COC(C)=O)[C@H](OC(C)=O)[C@@H]1OC(C)=O. The lowest BCUT2D eigenvalue weighted by Crippen LogP contribution is -2.66. The molecule has 2 aromatic rings. The summed E-state index contributed by atoms with van der Waals surface area (Å²) in [5.41, 5.74) is 2.21. The number of nitrogens with one attached hydrogen (secondary N) is 10. The number of ether oxygens (including phenoxy) is 19. The van der Waals surface area contributed by atoms with Crippen LogP contribution in [0.4, 0.5) is 4.79 Å². The van der Waals surface area contributed by atoms with Gasteiger partial charge in [0.15, 0.2) is 55.5 Å². The van der Waals surface area contributed by atoms with Gasteiger partial charge in [0.2, 0.25) is 53.2 Å². The molecule has 0 bridgehead atoms. The Labute approximate surface area is 822 Å². The Bertz CT molecular complexity index is 4110. The van der Waals surface area contributed by atoms with E-state index in [4.69, 9.17) is 90.0 Å². The Morgan fingerprint density at radius 1 is 0.296 bits per heavy atom. The van der Waals surface area contributed by atoms with Crippen LogP contribution in [0.25, 0.3) is 11.1 Å². The highest BCUT2D eigenvalue weighted by Gasteiger charge is 2.55. The molecular weight excluding hydrogens is 1880 g/mol. The van der Waals surface area contributed by atoms with Crippen molar-refractivity contribution in [1.82, 2.24) is 53.2 Å². The van der Waals surface area contributed by atoms with Crippen molar-refractivity contribution in [1.29, 1.82) is 0 Å². The van der Waals surface area contributed by atoms with E-state index in [2.05, 4.69) is 53.2 Å². The van der Waals surface area contributed by atoms with Crippen LogP contribution in [0.15, 0.2) is 48.5 Å². The van der Waals surface area contributed by atoms with Gasteiger partial charge in [0.25, 0.3) is 0 Å². The standard InChI is InChI=1S/C94H138N10O38/c1-55(105)101-81-87(137-64(10)114)84(134-61(7)111)72(49-130-58(4)108)140-90(81)127-42-23-13-20-36-95-78(120)52-124-45-39-98-75(117)30-33-94(104-93(123)133-48-71-69-28-18-16-26-67(69)68-27-17-19-29-70(68)71,34-31-76(118)99-40-46-125-53-79(121)96-37-21-14-24-43-128-91-82(102-56(2)106)88(138-65(11)115)85(135-62(8)112)73(141-91)50-131-59(5)109)35-32-77(119)100-41-47-126-54-80(122)97-38-22-15-25-44-129-92-83(103-57(3)107)89(139-66(12)116)86(136-63(9)113)74(142-92)51-132-60(6)110/h16-19,26-29,71-74,81-92H,13-15,20-25,30-54H2,1-12H3,(H,95,120)(H,96,121)(H,97,122)(H,98,117)(H,99,118)(H,100,119)(H,101,105)(H,102,106)(H,103,107)(H,104,123)/t72-,73-,74-,81-,82-,83-,84+,85+,86+,87-,88-,89-,90-,91-,92-/m1/s1. The molecule has 0 unspecified atom stereocenters. The summed E-state index contributed by atoms with van der Waals surface area (Å²) in [5, 5.41) is 27.4. The lowest BCUT2D eigenvalue weighted by Gasteiger charge is -2.44. The molecule has 0 spiro atoms. The molecule has 0 aromatic heterocycles. The van der Waals surface area contributed by atoms with Gasteiger partial charge in [-0.15, -0.1) is 0 Å². The quantitative estimate of drug-likeness (QED) is 0.0250. The van der Waals surface area contributed by atoms with Crippen LogP contribution in [0.3, 0.4) is 0 Å². The van der Waals surface area contributed by atoms with Crippen LogP contribution in [0.2, 0.25) is 0 Å². The fourth-order valence-electron chi connectivity index (χ4n) is 16.0. The maximum Gasteiger partial charge on any atom is 0.407 e. The molecule has 48 heteroatoms. The van der Waals surface area contributed by atoms with Crippen molar-refractivity contribution >= 4 is 113 Å². The van der Waals surface area contributed by atoms with E-state index in [1.165, 1.54) is 20.8 Å². The molecule has 3 aliphatic heterocycles. The van der Waals surface area contributed by atoms with Crippen LogP contribution in [0.5, 0.6) is 0 Å². The van der Waals surface area contributed by atoms with Gasteiger partial charge in [-0.05, 0) is 99.3 Å². The van der Waals surface area contributed by atoms with Crippen LogP contribution in [0.1, 0.15) is 196 Å². The number of hydrogen-bond acceptors (Lipinski definition) is 38. The number of carbonyl (C=O) groups is 19. The zero-order chi connectivity index (χ0) is 104. The highest BCUT2D eigenvalue weighted by Crippen LogP contribution is 2.45. The van der Waals surface area contributed by atoms with E-state index >= 15 is 0 Å². The molecule has 142 heavy (non-hydrogen) atoms. The second-order valence-corrected chi connectivity index (χ2v) is 33.9.